The maximum absolute atomic E-state index is 12.4. The molecule has 158 valence electrons. The van der Waals surface area contributed by atoms with E-state index in [1.807, 2.05) is 30.3 Å². The Morgan fingerprint density at radius 1 is 1.10 bits per heavy atom. The van der Waals surface area contributed by atoms with Crippen LogP contribution in [0.4, 0.5) is 0 Å². The fraction of sp³-hybridized carbons (Fsp3) is 0.261. The molecule has 3 aromatic rings. The summed E-state index contributed by atoms with van der Waals surface area (Å²) in [6.07, 6.45) is -0.139. The van der Waals surface area contributed by atoms with Gasteiger partial charge in [-0.15, -0.1) is 0 Å². The second-order valence-electron chi connectivity index (χ2n) is 7.28. The normalized spacial score (nSPS) is 14.4. The van der Waals surface area contributed by atoms with E-state index >= 15 is 0 Å². The Morgan fingerprint density at radius 3 is 2.65 bits per heavy atom. The van der Waals surface area contributed by atoms with E-state index in [4.69, 9.17) is 4.74 Å². The Balaban J connectivity index is 1.33. The Kier molecular flexibility index (Phi) is 5.88. The van der Waals surface area contributed by atoms with Crippen LogP contribution in [0.1, 0.15) is 43.7 Å². The highest BCUT2D eigenvalue weighted by molar-refractivity contribution is 6.02. The number of nitrogens with zero attached hydrogens (tertiary/aromatic N) is 3. The van der Waals surface area contributed by atoms with Crippen LogP contribution in [-0.2, 0) is 14.3 Å². The first kappa shape index (κ1) is 20.5. The van der Waals surface area contributed by atoms with Crippen molar-refractivity contribution in [2.24, 2.45) is 5.10 Å². The van der Waals surface area contributed by atoms with Crippen molar-refractivity contribution in [1.82, 2.24) is 15.0 Å². The van der Waals surface area contributed by atoms with Crippen molar-refractivity contribution < 1.29 is 14.3 Å². The molecule has 0 saturated heterocycles. The molecule has 31 heavy (non-hydrogen) atoms. The molecule has 1 aromatic heterocycles. The fourth-order valence-electron chi connectivity index (χ4n) is 3.42. The van der Waals surface area contributed by atoms with Gasteiger partial charge in [0.1, 0.15) is 0 Å². The molecule has 4 rings (SSSR count). The van der Waals surface area contributed by atoms with Gasteiger partial charge in [0.05, 0.1) is 29.6 Å². The van der Waals surface area contributed by atoms with E-state index in [-0.39, 0.29) is 30.1 Å². The zero-order valence-electron chi connectivity index (χ0n) is 17.1. The molecule has 0 aliphatic carbocycles. The SMILES string of the molecule is C[C@H](OC(=O)CCC(=O)N1CCC(c2ccccc2)=N1)c1nc2ccccc2c(=O)[nH]1. The summed E-state index contributed by atoms with van der Waals surface area (Å²) in [5, 5.41) is 6.26. The number of para-hydroxylation sites is 1. The summed E-state index contributed by atoms with van der Waals surface area (Å²) in [6.45, 7) is 2.13. The second kappa shape index (κ2) is 8.91. The van der Waals surface area contributed by atoms with Gasteiger partial charge in [0.15, 0.2) is 11.9 Å². The molecule has 0 radical (unpaired) electrons. The molecule has 1 amide bonds. The zero-order chi connectivity index (χ0) is 21.8. The predicted octanol–water partition coefficient (Wildman–Crippen LogP) is 2.94. The van der Waals surface area contributed by atoms with Crippen LogP contribution >= 0.6 is 0 Å². The summed E-state index contributed by atoms with van der Waals surface area (Å²) in [7, 11) is 0. The number of esters is 1. The number of ether oxygens (including phenoxy) is 1. The lowest BCUT2D eigenvalue weighted by atomic mass is 10.1. The Labute approximate surface area is 178 Å². The van der Waals surface area contributed by atoms with Gasteiger partial charge in [0, 0.05) is 12.8 Å². The van der Waals surface area contributed by atoms with Crippen molar-refractivity contribution in [2.75, 3.05) is 6.54 Å². The van der Waals surface area contributed by atoms with E-state index < -0.39 is 12.1 Å². The van der Waals surface area contributed by atoms with Gasteiger partial charge in [-0.2, -0.15) is 5.10 Å². The molecule has 1 aliphatic rings. The minimum absolute atomic E-state index is 0.00120. The standard InChI is InChI=1S/C23H22N4O4/c1-15(22-24-19-10-6-5-9-17(19)23(30)25-22)31-21(29)12-11-20(28)27-14-13-18(26-27)16-7-3-2-4-8-16/h2-10,15H,11-14H2,1H3,(H,24,25,30)/t15-/m0/s1. The molecule has 8 nitrogen and oxygen atoms in total. The number of rotatable bonds is 6. The second-order valence-corrected chi connectivity index (χ2v) is 7.28. The van der Waals surface area contributed by atoms with Crippen molar-refractivity contribution in [1.29, 1.82) is 0 Å². The molecular formula is C23H22N4O4. The summed E-state index contributed by atoms with van der Waals surface area (Å²) in [6, 6.07) is 16.6. The van der Waals surface area contributed by atoms with E-state index in [0.29, 0.717) is 23.9 Å². The third-order valence-corrected chi connectivity index (χ3v) is 5.06. The van der Waals surface area contributed by atoms with Crippen molar-refractivity contribution in [2.45, 2.75) is 32.3 Å². The Bertz CT molecular complexity index is 1200. The minimum atomic E-state index is -0.741. The van der Waals surface area contributed by atoms with Crippen LogP contribution in [-0.4, -0.2) is 39.1 Å². The van der Waals surface area contributed by atoms with Gasteiger partial charge in [0.2, 0.25) is 5.91 Å². The van der Waals surface area contributed by atoms with E-state index in [2.05, 4.69) is 15.1 Å². The number of H-pyrrole nitrogens is 1. The molecule has 1 atom stereocenters. The number of hydrazone groups is 1. The maximum Gasteiger partial charge on any atom is 0.307 e. The molecule has 0 saturated carbocycles. The third kappa shape index (κ3) is 4.69. The fourth-order valence-corrected chi connectivity index (χ4v) is 3.42. The minimum Gasteiger partial charge on any atom is -0.454 e. The first-order valence-corrected chi connectivity index (χ1v) is 10.1. The number of benzene rings is 2. The molecule has 2 heterocycles. The van der Waals surface area contributed by atoms with Crippen LogP contribution < -0.4 is 5.56 Å². The molecule has 1 N–H and O–H groups in total. The van der Waals surface area contributed by atoms with Crippen LogP contribution in [0.2, 0.25) is 0 Å². The molecule has 0 spiro atoms. The summed E-state index contributed by atoms with van der Waals surface area (Å²) in [4.78, 5) is 43.8. The molecule has 0 bridgehead atoms. The molecule has 2 aromatic carbocycles. The summed E-state index contributed by atoms with van der Waals surface area (Å²) >= 11 is 0. The first-order chi connectivity index (χ1) is 15.0. The van der Waals surface area contributed by atoms with Gasteiger partial charge in [-0.3, -0.25) is 14.4 Å². The van der Waals surface area contributed by atoms with Crippen molar-refractivity contribution >= 4 is 28.5 Å². The summed E-state index contributed by atoms with van der Waals surface area (Å²) in [5.41, 5.74) is 2.08. The van der Waals surface area contributed by atoms with Gasteiger partial charge >= 0.3 is 5.97 Å². The number of hydrogen-bond donors (Lipinski definition) is 1. The highest BCUT2D eigenvalue weighted by Gasteiger charge is 2.23. The smallest absolute Gasteiger partial charge is 0.307 e. The lowest BCUT2D eigenvalue weighted by Crippen LogP contribution is -2.24. The highest BCUT2D eigenvalue weighted by atomic mass is 16.5. The third-order valence-electron chi connectivity index (χ3n) is 5.06. The summed E-state index contributed by atoms with van der Waals surface area (Å²) in [5.74, 6) is -0.504. The van der Waals surface area contributed by atoms with Crippen molar-refractivity contribution in [3.63, 3.8) is 0 Å². The Hall–Kier alpha value is -3.81. The molecule has 8 heteroatoms. The number of nitrogens with one attached hydrogen (secondary N) is 1. The molecular weight excluding hydrogens is 396 g/mol. The predicted molar refractivity (Wildman–Crippen MR) is 115 cm³/mol. The van der Waals surface area contributed by atoms with Crippen LogP contribution in [0.3, 0.4) is 0 Å². The largest absolute Gasteiger partial charge is 0.454 e. The average molecular weight is 418 g/mol. The van der Waals surface area contributed by atoms with Gasteiger partial charge in [0.25, 0.3) is 5.56 Å². The van der Waals surface area contributed by atoms with E-state index in [1.54, 1.807) is 31.2 Å². The van der Waals surface area contributed by atoms with Crippen LogP contribution in [0.5, 0.6) is 0 Å². The monoisotopic (exact) mass is 418 g/mol. The van der Waals surface area contributed by atoms with E-state index in [0.717, 1.165) is 11.3 Å². The van der Waals surface area contributed by atoms with Gasteiger partial charge in [-0.05, 0) is 24.6 Å². The molecule has 0 unspecified atom stereocenters. The molecule has 1 aliphatic heterocycles. The number of amides is 1. The van der Waals surface area contributed by atoms with Crippen LogP contribution in [0.25, 0.3) is 10.9 Å². The number of aromatic nitrogens is 2. The van der Waals surface area contributed by atoms with Gasteiger partial charge in [-0.1, -0.05) is 42.5 Å². The number of carbonyl (C=O) groups excluding carboxylic acids is 2. The lowest BCUT2D eigenvalue weighted by molar-refractivity contribution is -0.150. The maximum atomic E-state index is 12.4. The number of aromatic amines is 1. The number of fused-ring (bicyclic) bond motifs is 1. The van der Waals surface area contributed by atoms with E-state index in [9.17, 15) is 14.4 Å². The Morgan fingerprint density at radius 2 is 1.84 bits per heavy atom. The van der Waals surface area contributed by atoms with Crippen LogP contribution in [0.15, 0.2) is 64.5 Å². The van der Waals surface area contributed by atoms with Crippen molar-refractivity contribution in [3.05, 3.63) is 76.3 Å². The number of carbonyl (C=O) groups is 2. The van der Waals surface area contributed by atoms with Gasteiger partial charge < -0.3 is 9.72 Å². The molecule has 0 fully saturated rings. The van der Waals surface area contributed by atoms with Gasteiger partial charge in [-0.25, -0.2) is 9.99 Å². The quantitative estimate of drug-likeness (QED) is 0.620. The summed E-state index contributed by atoms with van der Waals surface area (Å²) < 4.78 is 5.37. The van der Waals surface area contributed by atoms with Crippen LogP contribution in [0, 0.1) is 0 Å². The van der Waals surface area contributed by atoms with Crippen molar-refractivity contribution in [3.8, 4) is 0 Å². The lowest BCUT2D eigenvalue weighted by Gasteiger charge is -2.14. The first-order valence-electron chi connectivity index (χ1n) is 10.1. The zero-order valence-corrected chi connectivity index (χ0v) is 17.1. The van der Waals surface area contributed by atoms with E-state index in [1.165, 1.54) is 5.01 Å². The highest BCUT2D eigenvalue weighted by Crippen LogP contribution is 2.17. The number of hydrogen-bond acceptors (Lipinski definition) is 6. The topological polar surface area (TPSA) is 105 Å². The average Bonchev–Trinajstić information content (AvgIpc) is 3.28.